The van der Waals surface area contributed by atoms with E-state index in [9.17, 15) is 4.79 Å². The van der Waals surface area contributed by atoms with Crippen LogP contribution in [0, 0.1) is 0 Å². The molecule has 2 aromatic carbocycles. The van der Waals surface area contributed by atoms with E-state index in [-0.39, 0.29) is 0 Å². The van der Waals surface area contributed by atoms with Crippen LogP contribution in [0.15, 0.2) is 78.6 Å². The van der Waals surface area contributed by atoms with Gasteiger partial charge in [-0.2, -0.15) is 0 Å². The van der Waals surface area contributed by atoms with Crippen molar-refractivity contribution in [2.45, 2.75) is 25.7 Å². The van der Waals surface area contributed by atoms with Gasteiger partial charge in [-0.05, 0) is 41.1 Å². The minimum atomic E-state index is 0.297. The monoisotopic (exact) mass is 416 g/mol. The van der Waals surface area contributed by atoms with E-state index in [4.69, 9.17) is 4.74 Å². The van der Waals surface area contributed by atoms with E-state index in [0.29, 0.717) is 25.2 Å². The number of benzene rings is 2. The molecule has 30 heavy (non-hydrogen) atoms. The second-order valence-electron chi connectivity index (χ2n) is 7.17. The van der Waals surface area contributed by atoms with Crippen molar-refractivity contribution in [2.75, 3.05) is 6.61 Å². The molecule has 0 radical (unpaired) electrons. The van der Waals surface area contributed by atoms with Crippen LogP contribution in [0.3, 0.4) is 0 Å². The van der Waals surface area contributed by atoms with Crippen LogP contribution in [0.4, 0.5) is 0 Å². The predicted octanol–water partition coefficient (Wildman–Crippen LogP) is 5.50. The van der Waals surface area contributed by atoms with Gasteiger partial charge in [0.05, 0.1) is 24.8 Å². The minimum Gasteiger partial charge on any atom is -0.493 e. The van der Waals surface area contributed by atoms with Crippen molar-refractivity contribution in [1.29, 1.82) is 0 Å². The number of aromatic nitrogens is 2. The number of H-pyrrole nitrogens is 1. The highest BCUT2D eigenvalue weighted by Gasteiger charge is 2.08. The van der Waals surface area contributed by atoms with Crippen molar-refractivity contribution >= 4 is 17.1 Å². The molecule has 0 aliphatic carbocycles. The normalized spacial score (nSPS) is 10.8. The molecule has 4 nitrogen and oxygen atoms in total. The Morgan fingerprint density at radius 3 is 2.50 bits per heavy atom. The Balaban J connectivity index is 1.25. The molecular weight excluding hydrogens is 392 g/mol. The maximum Gasteiger partial charge on any atom is 0.138 e. The first kappa shape index (κ1) is 20.1. The van der Waals surface area contributed by atoms with Gasteiger partial charge in [0.15, 0.2) is 0 Å². The number of hydrogen-bond acceptors (Lipinski definition) is 4. The lowest BCUT2D eigenvalue weighted by Crippen LogP contribution is -2.04. The van der Waals surface area contributed by atoms with Gasteiger partial charge in [0.2, 0.25) is 0 Å². The Hall–Kier alpha value is -3.18. The van der Waals surface area contributed by atoms with Gasteiger partial charge >= 0.3 is 0 Å². The summed E-state index contributed by atoms with van der Waals surface area (Å²) < 4.78 is 6.03. The van der Waals surface area contributed by atoms with Crippen LogP contribution in [0.2, 0.25) is 0 Å². The highest BCUT2D eigenvalue weighted by Crippen LogP contribution is 2.28. The zero-order valence-electron chi connectivity index (χ0n) is 16.7. The molecule has 1 N–H and O–H groups in total. The molecule has 0 unspecified atom stereocenters. The predicted molar refractivity (Wildman–Crippen MR) is 121 cm³/mol. The molecule has 4 rings (SSSR count). The fourth-order valence-electron chi connectivity index (χ4n) is 3.35. The molecule has 0 bridgehead atoms. The van der Waals surface area contributed by atoms with Crippen LogP contribution in [-0.2, 0) is 24.1 Å². The van der Waals surface area contributed by atoms with E-state index in [2.05, 4.69) is 34.2 Å². The van der Waals surface area contributed by atoms with Gasteiger partial charge in [-0.3, -0.25) is 4.79 Å². The molecule has 0 aliphatic heterocycles. The third kappa shape index (κ3) is 5.45. The lowest BCUT2D eigenvalue weighted by Gasteiger charge is -2.10. The molecule has 5 heteroatoms. The highest BCUT2D eigenvalue weighted by molar-refractivity contribution is 7.10. The van der Waals surface area contributed by atoms with Gasteiger partial charge in [0.1, 0.15) is 11.5 Å². The third-order valence-electron chi connectivity index (χ3n) is 4.99. The van der Waals surface area contributed by atoms with Crippen molar-refractivity contribution in [3.63, 3.8) is 0 Å². The standard InChI is InChI=1S/C25H24N2O2S/c28-21(16-22-4-3-15-30-22)12-11-19-7-9-20(10-8-19)13-14-29-25-6-2-1-5-23(25)24-17-26-18-27-24/h1-10,15,17-18H,11-14,16H2,(H,26,27). The zero-order valence-corrected chi connectivity index (χ0v) is 17.5. The van der Waals surface area contributed by atoms with E-state index in [1.54, 1.807) is 23.9 Å². The molecule has 0 fully saturated rings. The molecule has 0 aliphatic rings. The van der Waals surface area contributed by atoms with Gasteiger partial charge in [-0.1, -0.05) is 42.5 Å². The Morgan fingerprint density at radius 1 is 0.967 bits per heavy atom. The topological polar surface area (TPSA) is 55.0 Å². The van der Waals surface area contributed by atoms with Gasteiger partial charge in [-0.25, -0.2) is 4.98 Å². The molecule has 2 aromatic heterocycles. The van der Waals surface area contributed by atoms with Gasteiger partial charge in [0, 0.05) is 29.7 Å². The fourth-order valence-corrected chi connectivity index (χ4v) is 4.08. The number of aromatic amines is 1. The molecule has 0 saturated carbocycles. The molecular formula is C25H24N2O2S. The summed E-state index contributed by atoms with van der Waals surface area (Å²) in [5.41, 5.74) is 4.38. The summed E-state index contributed by atoms with van der Waals surface area (Å²) >= 11 is 1.64. The summed E-state index contributed by atoms with van der Waals surface area (Å²) in [6.45, 7) is 0.601. The van der Waals surface area contributed by atoms with Crippen LogP contribution >= 0.6 is 11.3 Å². The first-order chi connectivity index (χ1) is 14.8. The first-order valence-corrected chi connectivity index (χ1v) is 11.0. The van der Waals surface area contributed by atoms with E-state index in [0.717, 1.165) is 34.7 Å². The number of para-hydroxylation sites is 1. The van der Waals surface area contributed by atoms with E-state index >= 15 is 0 Å². The summed E-state index contributed by atoms with van der Waals surface area (Å²) in [5.74, 6) is 1.15. The lowest BCUT2D eigenvalue weighted by atomic mass is 10.0. The number of thiophene rings is 1. The van der Waals surface area contributed by atoms with Crippen molar-refractivity contribution in [3.05, 3.63) is 94.6 Å². The van der Waals surface area contributed by atoms with Crippen molar-refractivity contribution < 1.29 is 9.53 Å². The largest absolute Gasteiger partial charge is 0.493 e. The van der Waals surface area contributed by atoms with E-state index in [1.807, 2.05) is 41.8 Å². The summed E-state index contributed by atoms with van der Waals surface area (Å²) in [5, 5.41) is 2.01. The number of Topliss-reactive ketones (excluding diaryl/α,β-unsaturated/α-hetero) is 1. The number of ether oxygens (including phenoxy) is 1. The van der Waals surface area contributed by atoms with Gasteiger partial charge in [0.25, 0.3) is 0 Å². The Labute approximate surface area is 180 Å². The summed E-state index contributed by atoms with van der Waals surface area (Å²) in [7, 11) is 0. The van der Waals surface area contributed by atoms with Crippen LogP contribution in [-0.4, -0.2) is 22.4 Å². The number of aryl methyl sites for hydroxylation is 1. The number of nitrogens with zero attached hydrogens (tertiary/aromatic N) is 1. The Bertz CT molecular complexity index is 1060. The quantitative estimate of drug-likeness (QED) is 0.371. The molecule has 4 aromatic rings. The molecule has 0 saturated heterocycles. The SMILES string of the molecule is O=C(CCc1ccc(CCOc2ccccc2-c2cnc[nH]2)cc1)Cc1cccs1. The smallest absolute Gasteiger partial charge is 0.138 e. The molecule has 2 heterocycles. The third-order valence-corrected chi connectivity index (χ3v) is 5.87. The summed E-state index contributed by atoms with van der Waals surface area (Å²) in [6.07, 6.45) is 6.22. The first-order valence-electron chi connectivity index (χ1n) is 10.1. The second kappa shape index (κ2) is 10.0. The van der Waals surface area contributed by atoms with Crippen LogP contribution < -0.4 is 4.74 Å². The van der Waals surface area contributed by atoms with Crippen LogP contribution in [0.25, 0.3) is 11.3 Å². The van der Waals surface area contributed by atoms with Crippen LogP contribution in [0.1, 0.15) is 22.4 Å². The second-order valence-corrected chi connectivity index (χ2v) is 8.20. The minimum absolute atomic E-state index is 0.297. The fraction of sp³-hybridized carbons (Fsp3) is 0.200. The maximum atomic E-state index is 12.1. The average Bonchev–Trinajstić information content (AvgIpc) is 3.48. The summed E-state index contributed by atoms with van der Waals surface area (Å²) in [4.78, 5) is 20.5. The maximum absolute atomic E-state index is 12.1. The number of ketones is 1. The summed E-state index contributed by atoms with van der Waals surface area (Å²) in [6, 6.07) is 20.5. The van der Waals surface area contributed by atoms with Gasteiger partial charge < -0.3 is 9.72 Å². The molecule has 152 valence electrons. The number of hydrogen-bond donors (Lipinski definition) is 1. The Morgan fingerprint density at radius 2 is 1.77 bits per heavy atom. The number of nitrogens with one attached hydrogen (secondary N) is 1. The molecule has 0 spiro atoms. The highest BCUT2D eigenvalue weighted by atomic mass is 32.1. The van der Waals surface area contributed by atoms with Crippen molar-refractivity contribution in [2.24, 2.45) is 0 Å². The number of rotatable bonds is 10. The molecule has 0 atom stereocenters. The van der Waals surface area contributed by atoms with Crippen LogP contribution in [0.5, 0.6) is 5.75 Å². The number of carbonyl (C=O) groups excluding carboxylic acids is 1. The van der Waals surface area contributed by atoms with Gasteiger partial charge in [-0.15, -0.1) is 11.3 Å². The zero-order chi connectivity index (χ0) is 20.6. The Kier molecular flexibility index (Phi) is 6.72. The van der Waals surface area contributed by atoms with Crippen molar-refractivity contribution in [1.82, 2.24) is 9.97 Å². The number of imidazole rings is 1. The van der Waals surface area contributed by atoms with Crippen molar-refractivity contribution in [3.8, 4) is 17.0 Å². The lowest BCUT2D eigenvalue weighted by molar-refractivity contribution is -0.118. The van der Waals surface area contributed by atoms with E-state index in [1.165, 1.54) is 11.1 Å². The van der Waals surface area contributed by atoms with E-state index < -0.39 is 0 Å². The number of carbonyl (C=O) groups is 1. The average molecular weight is 417 g/mol. The molecule has 0 amide bonds.